The summed E-state index contributed by atoms with van der Waals surface area (Å²) in [5.41, 5.74) is 0. The molecule has 1 rings (SSSR count). The number of rotatable bonds is 4. The maximum Gasteiger partial charge on any atom is 0.323 e. The van der Waals surface area contributed by atoms with E-state index in [1.165, 1.54) is 0 Å². The summed E-state index contributed by atoms with van der Waals surface area (Å²) in [7, 11) is 1.58. The molecule has 0 aromatic heterocycles. The van der Waals surface area contributed by atoms with Gasteiger partial charge in [-0.15, -0.1) is 0 Å². The summed E-state index contributed by atoms with van der Waals surface area (Å²) in [5, 5.41) is 3.07. The second kappa shape index (κ2) is 5.11. The van der Waals surface area contributed by atoms with Crippen molar-refractivity contribution >= 4 is 5.97 Å². The van der Waals surface area contributed by atoms with E-state index in [0.29, 0.717) is 13.2 Å². The fraction of sp³-hybridized carbons (Fsp3) is 0.875. The molecule has 70 valence electrons. The molecular formula is C8H15NO3. The smallest absolute Gasteiger partial charge is 0.323 e. The molecule has 0 saturated carbocycles. The first kappa shape index (κ1) is 9.48. The first-order valence-corrected chi connectivity index (χ1v) is 4.23. The van der Waals surface area contributed by atoms with Crippen molar-refractivity contribution in [2.24, 2.45) is 0 Å². The Bertz CT molecular complexity index is 143. The molecule has 1 unspecified atom stereocenters. The van der Waals surface area contributed by atoms with Crippen molar-refractivity contribution in [3.05, 3.63) is 0 Å². The summed E-state index contributed by atoms with van der Waals surface area (Å²) < 4.78 is 9.70. The van der Waals surface area contributed by atoms with Crippen LogP contribution in [0, 0.1) is 0 Å². The summed E-state index contributed by atoms with van der Waals surface area (Å²) in [4.78, 5) is 11.2. The lowest BCUT2D eigenvalue weighted by atomic mass is 10.2. The van der Waals surface area contributed by atoms with Crippen molar-refractivity contribution in [3.8, 4) is 0 Å². The zero-order valence-corrected chi connectivity index (χ0v) is 7.34. The van der Waals surface area contributed by atoms with E-state index in [0.717, 1.165) is 19.4 Å². The van der Waals surface area contributed by atoms with Crippen molar-refractivity contribution in [2.75, 3.05) is 26.9 Å². The number of hydrogen-bond donors (Lipinski definition) is 1. The molecule has 1 aliphatic heterocycles. The molecule has 1 aliphatic rings. The maximum atomic E-state index is 11.2. The van der Waals surface area contributed by atoms with Gasteiger partial charge in [-0.2, -0.15) is 0 Å². The van der Waals surface area contributed by atoms with E-state index in [2.05, 4.69) is 5.32 Å². The molecule has 0 aliphatic carbocycles. The molecule has 0 radical (unpaired) electrons. The summed E-state index contributed by atoms with van der Waals surface area (Å²) >= 11 is 0. The summed E-state index contributed by atoms with van der Waals surface area (Å²) in [6.45, 7) is 1.75. The lowest BCUT2D eigenvalue weighted by molar-refractivity contribution is -0.146. The molecule has 4 heteroatoms. The van der Waals surface area contributed by atoms with Crippen molar-refractivity contribution in [1.29, 1.82) is 0 Å². The molecule has 1 heterocycles. The molecule has 1 saturated heterocycles. The lowest BCUT2D eigenvalue weighted by Crippen LogP contribution is -2.33. The SMILES string of the molecule is COCCOC(=O)C1CCCN1. The van der Waals surface area contributed by atoms with Gasteiger partial charge in [0.15, 0.2) is 0 Å². The standard InChI is InChI=1S/C8H15NO3/c1-11-5-6-12-8(10)7-3-2-4-9-7/h7,9H,2-6H2,1H3. The monoisotopic (exact) mass is 173 g/mol. The van der Waals surface area contributed by atoms with Gasteiger partial charge in [0, 0.05) is 7.11 Å². The van der Waals surface area contributed by atoms with E-state index >= 15 is 0 Å². The number of carbonyl (C=O) groups is 1. The van der Waals surface area contributed by atoms with Crippen LogP contribution in [0.5, 0.6) is 0 Å². The molecule has 0 bridgehead atoms. The van der Waals surface area contributed by atoms with Gasteiger partial charge in [0.1, 0.15) is 12.6 Å². The number of ether oxygens (including phenoxy) is 2. The molecule has 0 aromatic carbocycles. The number of carbonyl (C=O) groups excluding carboxylic acids is 1. The number of nitrogens with one attached hydrogen (secondary N) is 1. The summed E-state index contributed by atoms with van der Waals surface area (Å²) in [6, 6.07) is -0.0816. The average molecular weight is 173 g/mol. The first-order chi connectivity index (χ1) is 5.84. The fourth-order valence-corrected chi connectivity index (χ4v) is 1.21. The highest BCUT2D eigenvalue weighted by Crippen LogP contribution is 2.05. The van der Waals surface area contributed by atoms with Crippen LogP contribution in [0.15, 0.2) is 0 Å². The van der Waals surface area contributed by atoms with Gasteiger partial charge >= 0.3 is 5.97 Å². The van der Waals surface area contributed by atoms with E-state index in [-0.39, 0.29) is 12.0 Å². The maximum absolute atomic E-state index is 11.2. The van der Waals surface area contributed by atoms with Gasteiger partial charge in [0.2, 0.25) is 0 Å². The quantitative estimate of drug-likeness (QED) is 0.477. The van der Waals surface area contributed by atoms with Crippen LogP contribution in [-0.2, 0) is 14.3 Å². The molecule has 12 heavy (non-hydrogen) atoms. The zero-order chi connectivity index (χ0) is 8.81. The highest BCUT2D eigenvalue weighted by Gasteiger charge is 2.22. The molecule has 1 atom stereocenters. The molecule has 4 nitrogen and oxygen atoms in total. The molecule has 1 N–H and O–H groups in total. The van der Waals surface area contributed by atoms with Crippen LogP contribution >= 0.6 is 0 Å². The second-order valence-corrected chi connectivity index (χ2v) is 2.81. The second-order valence-electron chi connectivity index (χ2n) is 2.81. The van der Waals surface area contributed by atoms with Crippen LogP contribution in [0.1, 0.15) is 12.8 Å². The van der Waals surface area contributed by atoms with Crippen molar-refractivity contribution < 1.29 is 14.3 Å². The van der Waals surface area contributed by atoms with E-state index in [1.54, 1.807) is 7.11 Å². The van der Waals surface area contributed by atoms with Crippen molar-refractivity contribution in [1.82, 2.24) is 5.32 Å². The minimum Gasteiger partial charge on any atom is -0.462 e. The Morgan fingerprint density at radius 3 is 3.00 bits per heavy atom. The minimum atomic E-state index is -0.149. The lowest BCUT2D eigenvalue weighted by Gasteiger charge is -2.09. The van der Waals surface area contributed by atoms with E-state index in [9.17, 15) is 4.79 Å². The topological polar surface area (TPSA) is 47.6 Å². The third-order valence-corrected chi connectivity index (χ3v) is 1.88. The predicted octanol–water partition coefficient (Wildman–Crippen LogP) is -0.0720. The average Bonchev–Trinajstić information content (AvgIpc) is 2.56. The highest BCUT2D eigenvalue weighted by atomic mass is 16.6. The molecule has 0 aromatic rings. The van der Waals surface area contributed by atoms with Crippen LogP contribution in [0.2, 0.25) is 0 Å². The van der Waals surface area contributed by atoms with Crippen LogP contribution in [0.4, 0.5) is 0 Å². The van der Waals surface area contributed by atoms with Crippen LogP contribution in [0.25, 0.3) is 0 Å². The van der Waals surface area contributed by atoms with Gasteiger partial charge in [0.05, 0.1) is 6.61 Å². The van der Waals surface area contributed by atoms with Crippen LogP contribution in [-0.4, -0.2) is 38.9 Å². The predicted molar refractivity (Wildman–Crippen MR) is 43.9 cm³/mol. The fourth-order valence-electron chi connectivity index (χ4n) is 1.21. The molecular weight excluding hydrogens is 158 g/mol. The Balaban J connectivity index is 2.10. The van der Waals surface area contributed by atoms with E-state index in [1.807, 2.05) is 0 Å². The zero-order valence-electron chi connectivity index (χ0n) is 7.34. The Hall–Kier alpha value is -0.610. The molecule has 0 amide bonds. The van der Waals surface area contributed by atoms with Gasteiger partial charge in [-0.3, -0.25) is 4.79 Å². The third kappa shape index (κ3) is 2.79. The first-order valence-electron chi connectivity index (χ1n) is 4.23. The molecule has 0 spiro atoms. The van der Waals surface area contributed by atoms with Crippen LogP contribution < -0.4 is 5.32 Å². The van der Waals surface area contributed by atoms with E-state index < -0.39 is 0 Å². The third-order valence-electron chi connectivity index (χ3n) is 1.88. The minimum absolute atomic E-state index is 0.0816. The van der Waals surface area contributed by atoms with Crippen molar-refractivity contribution in [3.63, 3.8) is 0 Å². The van der Waals surface area contributed by atoms with Crippen LogP contribution in [0.3, 0.4) is 0 Å². The van der Waals surface area contributed by atoms with Gasteiger partial charge < -0.3 is 14.8 Å². The van der Waals surface area contributed by atoms with Gasteiger partial charge in [-0.25, -0.2) is 0 Å². The Morgan fingerprint density at radius 1 is 1.58 bits per heavy atom. The number of hydrogen-bond acceptors (Lipinski definition) is 4. The summed E-state index contributed by atoms with van der Waals surface area (Å²) in [5.74, 6) is -0.149. The van der Waals surface area contributed by atoms with Crippen molar-refractivity contribution in [2.45, 2.75) is 18.9 Å². The van der Waals surface area contributed by atoms with E-state index in [4.69, 9.17) is 9.47 Å². The Kier molecular flexibility index (Phi) is 4.04. The number of esters is 1. The number of methoxy groups -OCH3 is 1. The summed E-state index contributed by atoms with van der Waals surface area (Å²) in [6.07, 6.45) is 1.95. The highest BCUT2D eigenvalue weighted by molar-refractivity contribution is 5.76. The largest absolute Gasteiger partial charge is 0.462 e. The van der Waals surface area contributed by atoms with Gasteiger partial charge in [-0.05, 0) is 19.4 Å². The normalized spacial score (nSPS) is 22.6. The van der Waals surface area contributed by atoms with Gasteiger partial charge in [-0.1, -0.05) is 0 Å². The Labute approximate surface area is 72.2 Å². The Morgan fingerprint density at radius 2 is 2.42 bits per heavy atom. The van der Waals surface area contributed by atoms with Gasteiger partial charge in [0.25, 0.3) is 0 Å². The molecule has 1 fully saturated rings.